The lowest BCUT2D eigenvalue weighted by Crippen LogP contribution is -2.29. The van der Waals surface area contributed by atoms with Crippen molar-refractivity contribution in [3.8, 4) is 17.5 Å². The van der Waals surface area contributed by atoms with Crippen LogP contribution in [0.1, 0.15) is 21.5 Å². The summed E-state index contributed by atoms with van der Waals surface area (Å²) in [6, 6.07) is 25.8. The van der Waals surface area contributed by atoms with Gasteiger partial charge >= 0.3 is 0 Å². The van der Waals surface area contributed by atoms with Crippen molar-refractivity contribution in [2.75, 3.05) is 18.4 Å². The molecule has 0 bridgehead atoms. The number of nitrogens with one attached hydrogen (secondary N) is 2. The van der Waals surface area contributed by atoms with E-state index in [-0.39, 0.29) is 5.91 Å². The van der Waals surface area contributed by atoms with Crippen molar-refractivity contribution in [1.82, 2.24) is 25.5 Å². The predicted octanol–water partition coefficient (Wildman–Crippen LogP) is 2.95. The molecular formula is C24H21N7O2. The molecule has 164 valence electrons. The Bertz CT molecular complexity index is 1250. The molecule has 0 radical (unpaired) electrons. The first kappa shape index (κ1) is 21.5. The third-order valence-electron chi connectivity index (χ3n) is 4.74. The van der Waals surface area contributed by atoms with Crippen LogP contribution in [0, 0.1) is 11.3 Å². The quantitative estimate of drug-likeness (QED) is 0.385. The summed E-state index contributed by atoms with van der Waals surface area (Å²) in [4.78, 5) is 12.5. The molecule has 0 saturated carbocycles. The molecule has 1 aromatic heterocycles. The summed E-state index contributed by atoms with van der Waals surface area (Å²) in [6.45, 7) is 1.17. The molecule has 4 rings (SSSR count). The third kappa shape index (κ3) is 5.71. The number of carbonyl (C=O) groups is 1. The molecule has 0 fully saturated rings. The van der Waals surface area contributed by atoms with Gasteiger partial charge in [0.2, 0.25) is 5.95 Å². The van der Waals surface area contributed by atoms with Gasteiger partial charge in [-0.05, 0) is 64.5 Å². The van der Waals surface area contributed by atoms with Gasteiger partial charge in [-0.2, -0.15) is 9.94 Å². The maximum atomic E-state index is 12.5. The highest BCUT2D eigenvalue weighted by Crippen LogP contribution is 2.15. The van der Waals surface area contributed by atoms with E-state index >= 15 is 0 Å². The summed E-state index contributed by atoms with van der Waals surface area (Å²) >= 11 is 0. The number of ether oxygens (including phenoxy) is 1. The summed E-state index contributed by atoms with van der Waals surface area (Å²) in [5.74, 6) is 0.977. The molecule has 0 aliphatic heterocycles. The van der Waals surface area contributed by atoms with Crippen molar-refractivity contribution < 1.29 is 9.53 Å². The van der Waals surface area contributed by atoms with Crippen LogP contribution in [-0.2, 0) is 6.61 Å². The molecule has 0 unspecified atom stereocenters. The van der Waals surface area contributed by atoms with Crippen LogP contribution in [-0.4, -0.2) is 39.2 Å². The molecule has 9 heteroatoms. The number of para-hydroxylation sites is 1. The molecule has 3 aromatic carbocycles. The van der Waals surface area contributed by atoms with Gasteiger partial charge in [0.1, 0.15) is 12.4 Å². The van der Waals surface area contributed by atoms with Crippen LogP contribution < -0.4 is 15.4 Å². The number of rotatable bonds is 9. The number of benzene rings is 3. The number of tetrazole rings is 1. The highest BCUT2D eigenvalue weighted by Gasteiger charge is 2.09. The SMILES string of the molecule is N#Cc1ccc(OCc2cccc(C(=O)NCCNc3nnnn3-c3ccccc3)c2)cc1. The zero-order valence-corrected chi connectivity index (χ0v) is 17.7. The monoisotopic (exact) mass is 439 g/mol. The molecule has 0 atom stereocenters. The van der Waals surface area contributed by atoms with Gasteiger partial charge in [0, 0.05) is 18.7 Å². The lowest BCUT2D eigenvalue weighted by atomic mass is 10.1. The lowest BCUT2D eigenvalue weighted by molar-refractivity contribution is 0.0955. The van der Waals surface area contributed by atoms with Gasteiger partial charge in [-0.1, -0.05) is 35.4 Å². The van der Waals surface area contributed by atoms with E-state index in [4.69, 9.17) is 10.00 Å². The average Bonchev–Trinajstić information content (AvgIpc) is 3.35. The van der Waals surface area contributed by atoms with E-state index in [0.29, 0.717) is 42.5 Å². The minimum absolute atomic E-state index is 0.181. The highest BCUT2D eigenvalue weighted by molar-refractivity contribution is 5.94. The van der Waals surface area contributed by atoms with Crippen molar-refractivity contribution in [3.63, 3.8) is 0 Å². The minimum atomic E-state index is -0.181. The molecule has 0 aliphatic carbocycles. The number of hydrogen-bond acceptors (Lipinski definition) is 7. The van der Waals surface area contributed by atoms with E-state index in [1.165, 1.54) is 0 Å². The number of amides is 1. The van der Waals surface area contributed by atoms with Crippen LogP contribution in [0.15, 0.2) is 78.9 Å². The van der Waals surface area contributed by atoms with Gasteiger partial charge in [0.25, 0.3) is 5.91 Å². The van der Waals surface area contributed by atoms with Gasteiger partial charge in [0.05, 0.1) is 17.3 Å². The Labute approximate surface area is 190 Å². The standard InChI is InChI=1S/C24H21N7O2/c25-16-18-9-11-22(12-10-18)33-17-19-5-4-6-20(15-19)23(32)26-13-14-27-24-28-29-30-31(24)21-7-2-1-3-8-21/h1-12,15H,13-14,17H2,(H,26,32)(H,27,28,30). The first-order valence-electron chi connectivity index (χ1n) is 10.3. The smallest absolute Gasteiger partial charge is 0.251 e. The van der Waals surface area contributed by atoms with Gasteiger partial charge in [0.15, 0.2) is 0 Å². The Morgan fingerprint density at radius 3 is 2.61 bits per heavy atom. The first-order valence-corrected chi connectivity index (χ1v) is 10.3. The summed E-state index contributed by atoms with van der Waals surface area (Å²) in [5, 5.41) is 26.5. The van der Waals surface area contributed by atoms with E-state index in [1.54, 1.807) is 41.1 Å². The number of nitrogens with zero attached hydrogens (tertiary/aromatic N) is 5. The van der Waals surface area contributed by atoms with E-state index in [2.05, 4.69) is 32.2 Å². The van der Waals surface area contributed by atoms with Crippen LogP contribution in [0.3, 0.4) is 0 Å². The van der Waals surface area contributed by atoms with Crippen LogP contribution in [0.25, 0.3) is 5.69 Å². The van der Waals surface area contributed by atoms with Crippen molar-refractivity contribution >= 4 is 11.9 Å². The van der Waals surface area contributed by atoms with Crippen molar-refractivity contribution in [3.05, 3.63) is 95.6 Å². The van der Waals surface area contributed by atoms with Crippen LogP contribution in [0.5, 0.6) is 5.75 Å². The summed E-state index contributed by atoms with van der Waals surface area (Å²) < 4.78 is 7.34. The minimum Gasteiger partial charge on any atom is -0.489 e. The normalized spacial score (nSPS) is 10.3. The number of carbonyl (C=O) groups excluding carboxylic acids is 1. The van der Waals surface area contributed by atoms with Crippen LogP contribution in [0.4, 0.5) is 5.95 Å². The lowest BCUT2D eigenvalue weighted by Gasteiger charge is -2.10. The molecule has 9 nitrogen and oxygen atoms in total. The second-order valence-corrected chi connectivity index (χ2v) is 7.06. The van der Waals surface area contributed by atoms with Crippen molar-refractivity contribution in [2.24, 2.45) is 0 Å². The Morgan fingerprint density at radius 1 is 1.00 bits per heavy atom. The van der Waals surface area contributed by atoms with Crippen molar-refractivity contribution in [1.29, 1.82) is 5.26 Å². The molecular weight excluding hydrogens is 418 g/mol. The van der Waals surface area contributed by atoms with Crippen molar-refractivity contribution in [2.45, 2.75) is 6.61 Å². The molecule has 33 heavy (non-hydrogen) atoms. The van der Waals surface area contributed by atoms with Crippen LogP contribution in [0.2, 0.25) is 0 Å². The van der Waals surface area contributed by atoms with Gasteiger partial charge in [-0.3, -0.25) is 4.79 Å². The van der Waals surface area contributed by atoms with Crippen LogP contribution >= 0.6 is 0 Å². The zero-order valence-electron chi connectivity index (χ0n) is 17.7. The molecule has 1 heterocycles. The summed E-state index contributed by atoms with van der Waals surface area (Å²) in [7, 11) is 0. The Kier molecular flexibility index (Phi) is 6.88. The third-order valence-corrected chi connectivity index (χ3v) is 4.74. The Hall–Kier alpha value is -4.71. The molecule has 0 aliphatic rings. The Morgan fingerprint density at radius 2 is 1.82 bits per heavy atom. The number of anilines is 1. The second kappa shape index (κ2) is 10.5. The Balaban J connectivity index is 1.26. The molecule has 2 N–H and O–H groups in total. The summed E-state index contributed by atoms with van der Waals surface area (Å²) in [5.41, 5.74) is 2.83. The molecule has 0 spiro atoms. The van der Waals surface area contributed by atoms with E-state index in [9.17, 15) is 4.79 Å². The van der Waals surface area contributed by atoms with Gasteiger partial charge in [-0.15, -0.1) is 0 Å². The topological polar surface area (TPSA) is 118 Å². The number of aromatic nitrogens is 4. The average molecular weight is 439 g/mol. The number of nitriles is 1. The second-order valence-electron chi connectivity index (χ2n) is 7.06. The van der Waals surface area contributed by atoms with Gasteiger partial charge < -0.3 is 15.4 Å². The fraction of sp³-hybridized carbons (Fsp3) is 0.125. The fourth-order valence-corrected chi connectivity index (χ4v) is 3.09. The first-order chi connectivity index (χ1) is 16.2. The molecule has 0 saturated heterocycles. The zero-order chi connectivity index (χ0) is 22.9. The predicted molar refractivity (Wildman–Crippen MR) is 122 cm³/mol. The van der Waals surface area contributed by atoms with E-state index in [1.807, 2.05) is 42.5 Å². The molecule has 4 aromatic rings. The number of hydrogen-bond donors (Lipinski definition) is 2. The largest absolute Gasteiger partial charge is 0.489 e. The van der Waals surface area contributed by atoms with E-state index < -0.39 is 0 Å². The maximum absolute atomic E-state index is 12.5. The van der Waals surface area contributed by atoms with Gasteiger partial charge in [-0.25, -0.2) is 0 Å². The maximum Gasteiger partial charge on any atom is 0.251 e. The van der Waals surface area contributed by atoms with E-state index in [0.717, 1.165) is 11.3 Å². The summed E-state index contributed by atoms with van der Waals surface area (Å²) in [6.07, 6.45) is 0. The fourth-order valence-electron chi connectivity index (χ4n) is 3.09. The molecule has 1 amide bonds. The highest BCUT2D eigenvalue weighted by atomic mass is 16.5.